The molecule has 3 fully saturated rings. The summed E-state index contributed by atoms with van der Waals surface area (Å²) in [5, 5.41) is -0.519. The summed E-state index contributed by atoms with van der Waals surface area (Å²) in [6.07, 6.45) is 4.11. The fourth-order valence-corrected chi connectivity index (χ4v) is 8.97. The maximum Gasteiger partial charge on any atom is 0.311 e. The Morgan fingerprint density at radius 1 is 1.23 bits per heavy atom. The Morgan fingerprint density at radius 3 is 2.46 bits per heavy atom. The summed E-state index contributed by atoms with van der Waals surface area (Å²) in [5.41, 5.74) is -1.84. The van der Waals surface area contributed by atoms with Crippen LogP contribution in [0.5, 0.6) is 0 Å². The van der Waals surface area contributed by atoms with Crippen LogP contribution in [0.4, 0.5) is 4.39 Å². The van der Waals surface area contributed by atoms with Crippen LogP contribution >= 0.6 is 34.8 Å². The second-order valence-electron chi connectivity index (χ2n) is 12.4. The summed E-state index contributed by atoms with van der Waals surface area (Å²) in [5.74, 6) is -2.07. The number of allylic oxidation sites excluding steroid dienone is 4. The fraction of sp³-hybridized carbons (Fsp3) is 0.741. The highest BCUT2D eigenvalue weighted by molar-refractivity contribution is 6.37. The van der Waals surface area contributed by atoms with Gasteiger partial charge in [-0.2, -0.15) is 0 Å². The Morgan fingerprint density at radius 2 is 1.86 bits per heavy atom. The molecule has 4 aliphatic carbocycles. The summed E-state index contributed by atoms with van der Waals surface area (Å²) in [4.78, 5) is 35.2. The van der Waals surface area contributed by atoms with E-state index in [4.69, 9.17) is 39.5 Å². The molecule has 0 aromatic rings. The number of ketones is 2. The number of esters is 1. The Kier molecular flexibility index (Phi) is 6.43. The maximum atomic E-state index is 16.5. The van der Waals surface area contributed by atoms with E-state index >= 15 is 4.39 Å². The van der Waals surface area contributed by atoms with Crippen LogP contribution in [-0.4, -0.2) is 45.4 Å². The van der Waals surface area contributed by atoms with Gasteiger partial charge in [-0.3, -0.25) is 14.4 Å². The van der Waals surface area contributed by atoms with Gasteiger partial charge >= 0.3 is 5.97 Å². The van der Waals surface area contributed by atoms with Gasteiger partial charge in [0.2, 0.25) is 0 Å². The van der Waals surface area contributed by atoms with Crippen molar-refractivity contribution < 1.29 is 23.5 Å². The van der Waals surface area contributed by atoms with Gasteiger partial charge in [0, 0.05) is 22.1 Å². The minimum absolute atomic E-state index is 0.0290. The van der Waals surface area contributed by atoms with Gasteiger partial charge < -0.3 is 4.74 Å². The molecule has 0 amide bonds. The number of carbonyl (C=O) groups is 3. The van der Waals surface area contributed by atoms with Crippen molar-refractivity contribution in [1.29, 1.82) is 0 Å². The number of halogens is 4. The minimum atomic E-state index is -1.53. The molecule has 35 heavy (non-hydrogen) atoms. The normalized spacial score (nSPS) is 46.9. The molecule has 0 N–H and O–H groups in total. The molecule has 4 aliphatic rings. The molecule has 9 atom stereocenters. The zero-order chi connectivity index (χ0) is 26.4. The van der Waals surface area contributed by atoms with Gasteiger partial charge in [-0.1, -0.05) is 32.4 Å². The second-order valence-corrected chi connectivity index (χ2v) is 14.2. The Bertz CT molecular complexity index is 1030. The van der Waals surface area contributed by atoms with Gasteiger partial charge in [0.25, 0.3) is 0 Å². The molecular formula is C27H34Cl3FO4. The van der Waals surface area contributed by atoms with E-state index in [1.807, 2.05) is 20.8 Å². The van der Waals surface area contributed by atoms with Gasteiger partial charge in [-0.25, -0.2) is 4.39 Å². The molecular weight excluding hydrogens is 514 g/mol. The van der Waals surface area contributed by atoms with Crippen LogP contribution in [0.25, 0.3) is 0 Å². The third kappa shape index (κ3) is 3.54. The number of hydrogen-bond acceptors (Lipinski definition) is 4. The first-order valence-corrected chi connectivity index (χ1v) is 13.4. The standard InChI is InChI=1S/C27H34Cl3FO4/c1-14-9-17-21-18(28)11-15-10-16(32)7-8-24(15,5)27(21,30)19(31)12-25(17,6)26(14,29)20(33)13-35-22(34)23(2,3)4/h7-8,10,14,17-19,21H,9,11-13H2,1-6H3/t14?,17-,18?,19?,21+,24-,25-,26-,27+/m0/s1. The molecule has 0 saturated heterocycles. The quantitative estimate of drug-likeness (QED) is 0.312. The third-order valence-corrected chi connectivity index (χ3v) is 11.8. The molecule has 0 radical (unpaired) electrons. The smallest absolute Gasteiger partial charge is 0.311 e. The Hall–Kier alpha value is -0.910. The molecule has 0 aromatic heterocycles. The summed E-state index contributed by atoms with van der Waals surface area (Å²) < 4.78 is 21.8. The lowest BCUT2D eigenvalue weighted by Gasteiger charge is -2.64. The van der Waals surface area contributed by atoms with Crippen LogP contribution < -0.4 is 0 Å². The Labute approximate surface area is 221 Å². The van der Waals surface area contributed by atoms with E-state index in [1.165, 1.54) is 12.2 Å². The first-order valence-electron chi connectivity index (χ1n) is 12.2. The lowest BCUT2D eigenvalue weighted by molar-refractivity contribution is -0.158. The summed E-state index contributed by atoms with van der Waals surface area (Å²) >= 11 is 21.5. The highest BCUT2D eigenvalue weighted by atomic mass is 35.5. The molecule has 0 bridgehead atoms. The minimum Gasteiger partial charge on any atom is -0.457 e. The van der Waals surface area contributed by atoms with Crippen LogP contribution in [-0.2, 0) is 19.1 Å². The molecule has 0 spiro atoms. The summed E-state index contributed by atoms with van der Waals surface area (Å²) in [6, 6.07) is 0. The molecule has 0 aromatic carbocycles. The first-order chi connectivity index (χ1) is 15.9. The van der Waals surface area contributed by atoms with Crippen molar-refractivity contribution in [3.63, 3.8) is 0 Å². The zero-order valence-corrected chi connectivity index (χ0v) is 23.4. The van der Waals surface area contributed by atoms with E-state index in [1.54, 1.807) is 26.8 Å². The van der Waals surface area contributed by atoms with Crippen LogP contribution in [0, 0.1) is 34.0 Å². The number of ether oxygens (including phenoxy) is 1. The fourth-order valence-electron chi connectivity index (χ4n) is 7.44. The monoisotopic (exact) mass is 546 g/mol. The average molecular weight is 548 g/mol. The van der Waals surface area contributed by atoms with Gasteiger partial charge in [0.1, 0.15) is 11.0 Å². The molecule has 3 unspecified atom stereocenters. The second kappa shape index (κ2) is 8.30. The van der Waals surface area contributed by atoms with Crippen LogP contribution in [0.2, 0.25) is 0 Å². The van der Waals surface area contributed by atoms with E-state index in [-0.39, 0.29) is 24.0 Å². The summed E-state index contributed by atoms with van der Waals surface area (Å²) in [7, 11) is 0. The molecule has 4 nitrogen and oxygen atoms in total. The number of fused-ring (bicyclic) bond motifs is 5. The van der Waals surface area contributed by atoms with Crippen LogP contribution in [0.15, 0.2) is 23.8 Å². The van der Waals surface area contributed by atoms with Crippen molar-refractivity contribution in [2.75, 3.05) is 6.61 Å². The molecule has 8 heteroatoms. The van der Waals surface area contributed by atoms with Crippen molar-refractivity contribution in [3.8, 4) is 0 Å². The van der Waals surface area contributed by atoms with Gasteiger partial charge in [-0.15, -0.1) is 34.8 Å². The SMILES string of the molecule is CC1C[C@H]2[C@@H]3C(Cl)CC4=CC(=O)C=C[C@]4(C)[C@@]3(Cl)C(F)C[C@]2(C)[C@@]1(Cl)C(=O)COC(=O)C(C)(C)C. The van der Waals surface area contributed by atoms with Crippen molar-refractivity contribution in [1.82, 2.24) is 0 Å². The van der Waals surface area contributed by atoms with E-state index in [9.17, 15) is 14.4 Å². The topological polar surface area (TPSA) is 60.4 Å². The van der Waals surface area contributed by atoms with Gasteiger partial charge in [0.15, 0.2) is 18.2 Å². The first kappa shape index (κ1) is 27.1. The van der Waals surface area contributed by atoms with Crippen molar-refractivity contribution in [3.05, 3.63) is 23.8 Å². The van der Waals surface area contributed by atoms with E-state index in [2.05, 4.69) is 0 Å². The third-order valence-electron chi connectivity index (χ3n) is 9.43. The number of alkyl halides is 4. The molecule has 0 heterocycles. The number of hydrogen-bond donors (Lipinski definition) is 0. The predicted octanol–water partition coefficient (Wildman–Crippen LogP) is 6.20. The van der Waals surface area contributed by atoms with Gasteiger partial charge in [-0.05, 0) is 64.0 Å². The molecule has 3 saturated carbocycles. The van der Waals surface area contributed by atoms with Crippen molar-refractivity contribution in [2.45, 2.75) is 82.1 Å². The van der Waals surface area contributed by atoms with Crippen molar-refractivity contribution >= 4 is 52.3 Å². The van der Waals surface area contributed by atoms with E-state index < -0.39 is 61.8 Å². The lowest BCUT2D eigenvalue weighted by Crippen LogP contribution is -2.69. The predicted molar refractivity (Wildman–Crippen MR) is 136 cm³/mol. The molecule has 0 aliphatic heterocycles. The van der Waals surface area contributed by atoms with Crippen LogP contribution in [0.3, 0.4) is 0 Å². The highest BCUT2D eigenvalue weighted by Gasteiger charge is 2.76. The molecule has 194 valence electrons. The lowest BCUT2D eigenvalue weighted by atomic mass is 9.46. The number of carbonyl (C=O) groups excluding carboxylic acids is 3. The maximum absolute atomic E-state index is 16.5. The number of Topliss-reactive ketones (excluding diaryl/α,β-unsaturated/α-hetero) is 1. The highest BCUT2D eigenvalue weighted by Crippen LogP contribution is 2.73. The largest absolute Gasteiger partial charge is 0.457 e. The number of rotatable bonds is 3. The Balaban J connectivity index is 1.73. The van der Waals surface area contributed by atoms with Gasteiger partial charge in [0.05, 0.1) is 10.3 Å². The van der Waals surface area contributed by atoms with Crippen molar-refractivity contribution in [2.24, 2.45) is 34.0 Å². The van der Waals surface area contributed by atoms with E-state index in [0.29, 0.717) is 12.8 Å². The zero-order valence-electron chi connectivity index (χ0n) is 21.1. The average Bonchev–Trinajstić information content (AvgIpc) is 2.94. The van der Waals surface area contributed by atoms with Crippen LogP contribution in [0.1, 0.15) is 60.8 Å². The molecule has 4 rings (SSSR count). The summed E-state index contributed by atoms with van der Waals surface area (Å²) in [6.45, 7) is 10.3. The van der Waals surface area contributed by atoms with E-state index in [0.717, 1.165) is 5.57 Å².